The Morgan fingerprint density at radius 2 is 1.02 bits per heavy atom. The van der Waals surface area contributed by atoms with Crippen LogP contribution in [0.15, 0.2) is 200 Å². The van der Waals surface area contributed by atoms with E-state index in [9.17, 15) is 0 Å². The largest absolute Gasteiger partial charge is 0.457 e. The smallest absolute Gasteiger partial charge is 0.252 e. The maximum absolute atomic E-state index is 7.00. The van der Waals surface area contributed by atoms with E-state index in [-0.39, 0.29) is 28.4 Å². The molecule has 0 saturated carbocycles. The van der Waals surface area contributed by atoms with Crippen LogP contribution in [0.1, 0.15) is 156 Å². The van der Waals surface area contributed by atoms with Gasteiger partial charge in [0.2, 0.25) is 0 Å². The number of hydrogen-bond acceptors (Lipinski definition) is 4. The summed E-state index contributed by atoms with van der Waals surface area (Å²) in [6.45, 7) is 44.3. The van der Waals surface area contributed by atoms with Crippen LogP contribution < -0.4 is 35.8 Å². The molecule has 8 aromatic rings. The third-order valence-corrected chi connectivity index (χ3v) is 16.4. The Bertz CT molecular complexity index is 3640. The van der Waals surface area contributed by atoms with Crippen molar-refractivity contribution >= 4 is 79.9 Å². The second-order valence-corrected chi connectivity index (χ2v) is 26.5. The zero-order valence-corrected chi connectivity index (χ0v) is 52.6. The second kappa shape index (κ2) is 22.9. The first-order valence-electron chi connectivity index (χ1n) is 29.8. The molecule has 0 saturated heterocycles. The van der Waals surface area contributed by atoms with Crippen molar-refractivity contribution in [3.05, 3.63) is 239 Å². The molecule has 0 fully saturated rings. The molecule has 0 atom stereocenters. The number of anilines is 9. The summed E-state index contributed by atoms with van der Waals surface area (Å²) in [6, 6.07) is 64.5. The van der Waals surface area contributed by atoms with Gasteiger partial charge in [-0.05, 0) is 202 Å². The van der Waals surface area contributed by atoms with Crippen molar-refractivity contribution in [2.24, 2.45) is 0 Å². The van der Waals surface area contributed by atoms with Crippen LogP contribution in [0.4, 0.5) is 51.2 Å². The monoisotopic (exact) mass is 1080 g/mol. The SMILES string of the molecule is C=CC/C(C)=C(Oc1ccccc1C)\C(=C/C)c1cccc(N2c3cc(N(c4ccc(C(C)(C)C)cc4)c4ccc(C(C)(C)C)cc4)ccc3B3c4cc(C(C)(C)C)ccc4N(c4ccc(C(C)(C)C)cc4)c4cc(C)cc2c43)c1.CC. The molecule has 0 amide bonds. The minimum Gasteiger partial charge on any atom is -0.457 e. The topological polar surface area (TPSA) is 19.0 Å². The zero-order chi connectivity index (χ0) is 59.2. The molecule has 4 nitrogen and oxygen atoms in total. The molecule has 2 aliphatic heterocycles. The van der Waals surface area contributed by atoms with Crippen molar-refractivity contribution in [2.75, 3.05) is 14.7 Å². The molecule has 420 valence electrons. The molecule has 2 aliphatic rings. The molecule has 0 unspecified atom stereocenters. The highest BCUT2D eigenvalue weighted by atomic mass is 16.5. The molecular weight excluding hydrogens is 994 g/mol. The number of nitrogens with zero attached hydrogens (tertiary/aromatic N) is 3. The van der Waals surface area contributed by atoms with E-state index in [0.29, 0.717) is 6.42 Å². The lowest BCUT2D eigenvalue weighted by molar-refractivity contribution is 0.438. The lowest BCUT2D eigenvalue weighted by Crippen LogP contribution is -2.61. The maximum atomic E-state index is 7.00. The fourth-order valence-electron chi connectivity index (χ4n) is 11.8. The van der Waals surface area contributed by atoms with Crippen molar-refractivity contribution in [1.82, 2.24) is 0 Å². The first-order chi connectivity index (χ1) is 38.8. The number of fused-ring (bicyclic) bond motifs is 4. The Balaban J connectivity index is 0.00000401. The molecule has 5 heteroatoms. The van der Waals surface area contributed by atoms with Gasteiger partial charge in [0.25, 0.3) is 6.71 Å². The standard InChI is InChI=1S/C75H82BN3O.C2H6/c1-18-23-51(5)71(80-69-27-21-20-24-50(69)4)62(19-2)52-25-22-26-60(46-52)79-66-48-61(77(57-35-28-53(29-36-57)72(6,7)8)58-37-30-54(31-38-58)73(9,10)11)41-42-63(66)76-64-47-56(75(15,16)17)34-43-65(64)78(67-44-49(3)45-68(79)70(67)76)59-39-32-55(33-40-59)74(12,13)14;1-2/h18-22,24-48H,1,23H2,2-17H3;1-2H3/b62-19-,71-51+;. The van der Waals surface area contributed by atoms with Gasteiger partial charge in [0.05, 0.1) is 0 Å². The van der Waals surface area contributed by atoms with E-state index in [4.69, 9.17) is 4.74 Å². The van der Waals surface area contributed by atoms with Gasteiger partial charge < -0.3 is 19.4 Å². The van der Waals surface area contributed by atoms with Crippen molar-refractivity contribution < 1.29 is 4.74 Å². The van der Waals surface area contributed by atoms with Gasteiger partial charge in [0, 0.05) is 56.8 Å². The van der Waals surface area contributed by atoms with Crippen LogP contribution >= 0.6 is 0 Å². The molecule has 0 aromatic heterocycles. The second-order valence-electron chi connectivity index (χ2n) is 26.5. The number of hydrogen-bond donors (Lipinski definition) is 0. The molecule has 8 aromatic carbocycles. The summed E-state index contributed by atoms with van der Waals surface area (Å²) in [4.78, 5) is 7.54. The molecule has 0 aliphatic carbocycles. The lowest BCUT2D eigenvalue weighted by Gasteiger charge is -2.45. The summed E-state index contributed by atoms with van der Waals surface area (Å²) in [5.74, 6) is 1.69. The van der Waals surface area contributed by atoms with Gasteiger partial charge in [-0.2, -0.15) is 0 Å². The highest BCUT2D eigenvalue weighted by Gasteiger charge is 2.44. The van der Waals surface area contributed by atoms with Crippen LogP contribution in [0, 0.1) is 13.8 Å². The molecule has 0 spiro atoms. The molecule has 0 N–H and O–H groups in total. The van der Waals surface area contributed by atoms with Gasteiger partial charge in [0.15, 0.2) is 0 Å². The number of benzene rings is 8. The van der Waals surface area contributed by atoms with Crippen LogP contribution in [-0.4, -0.2) is 6.71 Å². The number of ether oxygens (including phenoxy) is 1. The minimum atomic E-state index is -0.0746. The maximum Gasteiger partial charge on any atom is 0.252 e. The molecule has 0 bridgehead atoms. The highest BCUT2D eigenvalue weighted by molar-refractivity contribution is 7.00. The van der Waals surface area contributed by atoms with Gasteiger partial charge in [-0.3, -0.25) is 0 Å². The van der Waals surface area contributed by atoms with Crippen LogP contribution in [0.3, 0.4) is 0 Å². The normalized spacial score (nSPS) is 13.5. The Morgan fingerprint density at radius 3 is 1.55 bits per heavy atom. The fourth-order valence-corrected chi connectivity index (χ4v) is 11.8. The van der Waals surface area contributed by atoms with Gasteiger partial charge in [-0.25, -0.2) is 0 Å². The Labute approximate surface area is 494 Å². The van der Waals surface area contributed by atoms with Crippen LogP contribution in [-0.2, 0) is 21.7 Å². The molecule has 10 rings (SSSR count). The van der Waals surface area contributed by atoms with E-state index in [2.05, 4.69) is 302 Å². The quantitative estimate of drug-likeness (QED) is 0.0556. The van der Waals surface area contributed by atoms with E-state index in [0.717, 1.165) is 67.9 Å². The van der Waals surface area contributed by atoms with E-state index >= 15 is 0 Å². The molecule has 2 heterocycles. The molecular formula is C77H88BN3O. The summed E-state index contributed by atoms with van der Waals surface area (Å²) in [6.07, 6.45) is 4.86. The third-order valence-electron chi connectivity index (χ3n) is 16.4. The average molecular weight is 1080 g/mol. The number of para-hydroxylation sites is 1. The number of allylic oxidation sites excluding steroid dienone is 4. The third kappa shape index (κ3) is 11.5. The average Bonchev–Trinajstić information content (AvgIpc) is 1.19. The predicted molar refractivity (Wildman–Crippen MR) is 359 cm³/mol. The lowest BCUT2D eigenvalue weighted by atomic mass is 9.33. The summed E-state index contributed by atoms with van der Waals surface area (Å²) in [5, 5.41) is 0. The van der Waals surface area contributed by atoms with Gasteiger partial charge in [-0.15, -0.1) is 6.58 Å². The van der Waals surface area contributed by atoms with Gasteiger partial charge in [-0.1, -0.05) is 194 Å². The van der Waals surface area contributed by atoms with Crippen LogP contribution in [0.2, 0.25) is 0 Å². The molecule has 82 heavy (non-hydrogen) atoms. The van der Waals surface area contributed by atoms with Crippen LogP contribution in [0.25, 0.3) is 5.57 Å². The zero-order valence-electron chi connectivity index (χ0n) is 52.6. The Hall–Kier alpha value is -7.76. The number of aryl methyl sites for hydroxylation is 2. The summed E-state index contributed by atoms with van der Waals surface area (Å²) in [7, 11) is 0. The number of rotatable bonds is 11. The van der Waals surface area contributed by atoms with Crippen LogP contribution in [0.5, 0.6) is 5.75 Å². The van der Waals surface area contributed by atoms with Crippen molar-refractivity contribution in [2.45, 2.75) is 153 Å². The summed E-state index contributed by atoms with van der Waals surface area (Å²) < 4.78 is 7.00. The predicted octanol–water partition coefficient (Wildman–Crippen LogP) is 20.4. The van der Waals surface area contributed by atoms with Crippen molar-refractivity contribution in [3.63, 3.8) is 0 Å². The molecule has 0 radical (unpaired) electrons. The van der Waals surface area contributed by atoms with Crippen molar-refractivity contribution in [3.8, 4) is 5.75 Å². The first kappa shape index (κ1) is 58.9. The summed E-state index contributed by atoms with van der Waals surface area (Å²) >= 11 is 0. The highest BCUT2D eigenvalue weighted by Crippen LogP contribution is 2.48. The fraction of sp³-hybridized carbons (Fsp3) is 0.299. The summed E-state index contributed by atoms with van der Waals surface area (Å²) in [5.41, 5.74) is 24.8. The first-order valence-corrected chi connectivity index (χ1v) is 29.8. The van der Waals surface area contributed by atoms with E-state index < -0.39 is 0 Å². The minimum absolute atomic E-state index is 0.0118. The van der Waals surface area contributed by atoms with Crippen molar-refractivity contribution in [1.29, 1.82) is 0 Å². The Kier molecular flexibility index (Phi) is 16.4. The van der Waals surface area contributed by atoms with E-state index in [1.165, 1.54) is 61.3 Å². The van der Waals surface area contributed by atoms with Gasteiger partial charge in [0.1, 0.15) is 11.5 Å². The van der Waals surface area contributed by atoms with E-state index in [1.54, 1.807) is 0 Å². The van der Waals surface area contributed by atoms with Gasteiger partial charge >= 0.3 is 0 Å². The van der Waals surface area contributed by atoms with E-state index in [1.807, 2.05) is 26.0 Å². The Morgan fingerprint density at radius 1 is 0.512 bits per heavy atom.